The molecular weight excluding hydrogens is 362 g/mol. The van der Waals surface area contributed by atoms with Gasteiger partial charge in [0.25, 0.3) is 0 Å². The number of carbonyl (C=O) groups is 1. The van der Waals surface area contributed by atoms with Crippen molar-refractivity contribution in [2.75, 3.05) is 13.2 Å². The molecule has 4 heteroatoms. The van der Waals surface area contributed by atoms with Gasteiger partial charge in [0.05, 0.1) is 6.61 Å². The zero-order valence-corrected chi connectivity index (χ0v) is 16.7. The average Bonchev–Trinajstić information content (AvgIpc) is 2.76. The van der Waals surface area contributed by atoms with Gasteiger partial charge in [-0.3, -0.25) is 9.78 Å². The molecule has 1 N–H and O–H groups in total. The van der Waals surface area contributed by atoms with E-state index in [-0.39, 0.29) is 5.78 Å². The number of aliphatic hydroxyl groups is 1. The highest BCUT2D eigenvalue weighted by molar-refractivity contribution is 6.24. The number of carbonyl (C=O) groups excluding carboxylic acids is 1. The summed E-state index contributed by atoms with van der Waals surface area (Å²) in [6.45, 7) is 0.989. The molecule has 0 aliphatic heterocycles. The summed E-state index contributed by atoms with van der Waals surface area (Å²) in [5.74, 6) is 0.792. The fourth-order valence-corrected chi connectivity index (χ4v) is 4.08. The Morgan fingerprint density at radius 1 is 0.828 bits per heavy atom. The third-order valence-corrected chi connectivity index (χ3v) is 5.60. The van der Waals surface area contributed by atoms with Crippen LogP contribution < -0.4 is 4.74 Å². The van der Waals surface area contributed by atoms with Gasteiger partial charge < -0.3 is 9.84 Å². The Hall–Kier alpha value is -2.72. The first-order chi connectivity index (χ1) is 14.3. The summed E-state index contributed by atoms with van der Waals surface area (Å²) in [4.78, 5) is 17.3. The molecule has 2 aromatic carbocycles. The molecule has 29 heavy (non-hydrogen) atoms. The van der Waals surface area contributed by atoms with E-state index in [0.717, 1.165) is 53.3 Å². The van der Waals surface area contributed by atoms with Crippen molar-refractivity contribution < 1.29 is 14.6 Å². The highest BCUT2D eigenvalue weighted by atomic mass is 16.5. The third kappa shape index (κ3) is 4.18. The number of hydrogen-bond acceptors (Lipinski definition) is 4. The van der Waals surface area contributed by atoms with E-state index >= 15 is 0 Å². The van der Waals surface area contributed by atoms with Crippen LogP contribution in [0, 0.1) is 0 Å². The molecule has 1 aromatic heterocycles. The first kappa shape index (κ1) is 19.6. The Bertz CT molecular complexity index is 1010. The minimum atomic E-state index is -0.0166. The maximum Gasteiger partial charge on any atom is 0.212 e. The molecule has 0 bridgehead atoms. The first-order valence-electron chi connectivity index (χ1n) is 10.6. The van der Waals surface area contributed by atoms with Crippen LogP contribution in [0.5, 0.6) is 5.75 Å². The van der Waals surface area contributed by atoms with E-state index in [1.54, 1.807) is 6.20 Å². The minimum Gasteiger partial charge on any atom is -0.494 e. The van der Waals surface area contributed by atoms with Gasteiger partial charge in [-0.2, -0.15) is 0 Å². The van der Waals surface area contributed by atoms with Crippen molar-refractivity contribution >= 4 is 16.6 Å². The monoisotopic (exact) mass is 389 g/mol. The topological polar surface area (TPSA) is 59.4 Å². The molecule has 0 atom stereocenters. The van der Waals surface area contributed by atoms with Gasteiger partial charge in [-0.1, -0.05) is 50.3 Å². The van der Waals surface area contributed by atoms with E-state index in [9.17, 15) is 4.79 Å². The van der Waals surface area contributed by atoms with E-state index in [2.05, 4.69) is 11.1 Å². The number of ether oxygens (including phenoxy) is 1. The summed E-state index contributed by atoms with van der Waals surface area (Å²) in [5, 5.41) is 10.8. The van der Waals surface area contributed by atoms with Crippen LogP contribution in [0.2, 0.25) is 0 Å². The Balaban J connectivity index is 1.41. The van der Waals surface area contributed by atoms with Crippen LogP contribution in [-0.2, 0) is 0 Å². The molecular formula is C25H27NO3. The molecule has 1 aliphatic carbocycles. The largest absolute Gasteiger partial charge is 0.494 e. The number of fused-ring (bicyclic) bond motifs is 2. The Kier molecular flexibility index (Phi) is 6.20. The Morgan fingerprint density at radius 2 is 1.62 bits per heavy atom. The SMILES string of the molecule is O=C1c2ccc(OCCCCCCCCCO)cc2-c2cccc3ccnc1c23. The second kappa shape index (κ2) is 9.19. The Labute approximate surface area is 171 Å². The molecule has 0 saturated heterocycles. The van der Waals surface area contributed by atoms with Crippen LogP contribution in [0.1, 0.15) is 61.0 Å². The number of benzene rings is 2. The summed E-state index contributed by atoms with van der Waals surface area (Å²) in [7, 11) is 0. The van der Waals surface area contributed by atoms with Crippen molar-refractivity contribution in [1.29, 1.82) is 0 Å². The molecule has 3 aromatic rings. The van der Waals surface area contributed by atoms with E-state index < -0.39 is 0 Å². The molecule has 4 nitrogen and oxygen atoms in total. The number of aliphatic hydroxyl groups excluding tert-OH is 1. The van der Waals surface area contributed by atoms with Crippen molar-refractivity contribution in [2.45, 2.75) is 44.9 Å². The van der Waals surface area contributed by atoms with Gasteiger partial charge in [-0.15, -0.1) is 0 Å². The molecule has 0 radical (unpaired) electrons. The standard InChI is InChI=1S/C25H27NO3/c27-15-6-4-2-1-3-5-7-16-29-19-11-12-21-22(17-19)20-10-8-9-18-13-14-26-24(23(18)20)25(21)28/h8-14,17,27H,1-7,15-16H2. The van der Waals surface area contributed by atoms with E-state index in [4.69, 9.17) is 9.84 Å². The van der Waals surface area contributed by atoms with E-state index in [1.165, 1.54) is 19.3 Å². The van der Waals surface area contributed by atoms with Crippen LogP contribution in [-0.4, -0.2) is 29.1 Å². The van der Waals surface area contributed by atoms with Crippen LogP contribution >= 0.6 is 0 Å². The molecule has 0 spiro atoms. The molecule has 0 amide bonds. The molecule has 0 unspecified atom stereocenters. The van der Waals surface area contributed by atoms with Crippen molar-refractivity contribution in [2.24, 2.45) is 0 Å². The second-order valence-electron chi connectivity index (χ2n) is 7.65. The average molecular weight is 389 g/mol. The highest BCUT2D eigenvalue weighted by Crippen LogP contribution is 2.39. The molecule has 4 rings (SSSR count). The maximum atomic E-state index is 12.9. The summed E-state index contributed by atoms with van der Waals surface area (Å²) in [6.07, 6.45) is 9.54. The number of unbranched alkanes of at least 4 members (excludes halogenated alkanes) is 6. The van der Waals surface area contributed by atoms with Crippen molar-refractivity contribution in [3.63, 3.8) is 0 Å². The number of hydrogen-bond donors (Lipinski definition) is 1. The predicted octanol–water partition coefficient (Wildman–Crippen LogP) is 5.55. The highest BCUT2D eigenvalue weighted by Gasteiger charge is 2.26. The van der Waals surface area contributed by atoms with Crippen molar-refractivity contribution in [3.8, 4) is 16.9 Å². The summed E-state index contributed by atoms with van der Waals surface area (Å²) in [5.41, 5.74) is 3.22. The fourth-order valence-electron chi connectivity index (χ4n) is 4.08. The lowest BCUT2D eigenvalue weighted by Gasteiger charge is -2.19. The molecule has 1 heterocycles. The van der Waals surface area contributed by atoms with Gasteiger partial charge >= 0.3 is 0 Å². The number of pyridine rings is 1. The molecule has 1 aliphatic rings. The predicted molar refractivity (Wildman–Crippen MR) is 116 cm³/mol. The summed E-state index contributed by atoms with van der Waals surface area (Å²) in [6, 6.07) is 13.8. The molecule has 0 fully saturated rings. The lowest BCUT2D eigenvalue weighted by atomic mass is 9.85. The second-order valence-corrected chi connectivity index (χ2v) is 7.65. The number of aromatic nitrogens is 1. The zero-order valence-electron chi connectivity index (χ0n) is 16.7. The zero-order chi connectivity index (χ0) is 20.1. The van der Waals surface area contributed by atoms with Gasteiger partial charge in [-0.05, 0) is 53.6 Å². The van der Waals surface area contributed by atoms with Crippen LogP contribution in [0.3, 0.4) is 0 Å². The van der Waals surface area contributed by atoms with E-state index in [0.29, 0.717) is 24.5 Å². The summed E-state index contributed by atoms with van der Waals surface area (Å²) >= 11 is 0. The number of ketones is 1. The quantitative estimate of drug-likeness (QED) is 0.361. The molecule has 150 valence electrons. The van der Waals surface area contributed by atoms with E-state index in [1.807, 2.05) is 36.4 Å². The summed E-state index contributed by atoms with van der Waals surface area (Å²) < 4.78 is 5.98. The smallest absolute Gasteiger partial charge is 0.212 e. The number of nitrogens with zero attached hydrogens (tertiary/aromatic N) is 1. The maximum absolute atomic E-state index is 12.9. The third-order valence-electron chi connectivity index (χ3n) is 5.60. The van der Waals surface area contributed by atoms with Crippen molar-refractivity contribution in [3.05, 3.63) is 59.9 Å². The number of rotatable bonds is 10. The van der Waals surface area contributed by atoms with Gasteiger partial charge in [0.2, 0.25) is 5.78 Å². The Morgan fingerprint density at radius 3 is 2.45 bits per heavy atom. The minimum absolute atomic E-state index is 0.0166. The molecule has 0 saturated carbocycles. The van der Waals surface area contributed by atoms with Crippen molar-refractivity contribution in [1.82, 2.24) is 4.98 Å². The lowest BCUT2D eigenvalue weighted by molar-refractivity contribution is 0.103. The normalized spacial score (nSPS) is 12.2. The van der Waals surface area contributed by atoms with Gasteiger partial charge in [0.15, 0.2) is 0 Å². The lowest BCUT2D eigenvalue weighted by Crippen LogP contribution is -2.12. The van der Waals surface area contributed by atoms with Gasteiger partial charge in [0, 0.05) is 23.8 Å². The fraction of sp³-hybridized carbons (Fsp3) is 0.360. The van der Waals surface area contributed by atoms with Crippen LogP contribution in [0.25, 0.3) is 21.9 Å². The van der Waals surface area contributed by atoms with Gasteiger partial charge in [0.1, 0.15) is 11.4 Å². The van der Waals surface area contributed by atoms with Crippen LogP contribution in [0.15, 0.2) is 48.7 Å². The first-order valence-corrected chi connectivity index (χ1v) is 10.6. The van der Waals surface area contributed by atoms with Crippen LogP contribution in [0.4, 0.5) is 0 Å². The van der Waals surface area contributed by atoms with Gasteiger partial charge in [-0.25, -0.2) is 0 Å².